The summed E-state index contributed by atoms with van der Waals surface area (Å²) < 4.78 is 41.6. The van der Waals surface area contributed by atoms with Crippen LogP contribution in [-0.2, 0) is 20.5 Å². The summed E-state index contributed by atoms with van der Waals surface area (Å²) in [5.41, 5.74) is -1.49. The molecule has 0 radical (unpaired) electrons. The molecule has 108 valence electrons. The van der Waals surface area contributed by atoms with E-state index in [1.165, 1.54) is 0 Å². The number of rotatable bonds is 4. The van der Waals surface area contributed by atoms with E-state index in [0.29, 0.717) is 12.5 Å². The van der Waals surface area contributed by atoms with E-state index in [9.17, 15) is 27.6 Å². The summed E-state index contributed by atoms with van der Waals surface area (Å²) in [5, 5.41) is 0. The van der Waals surface area contributed by atoms with E-state index >= 15 is 0 Å². The molecule has 0 aliphatic rings. The van der Waals surface area contributed by atoms with Gasteiger partial charge in [0.05, 0.1) is 11.1 Å². The SMILES string of the molecule is CCCC(=O)C(=O)OC(=O)c1cccc(C(F)(F)F)c1. The maximum absolute atomic E-state index is 12.4. The smallest absolute Gasteiger partial charge is 0.384 e. The van der Waals surface area contributed by atoms with Crippen molar-refractivity contribution < 1.29 is 32.3 Å². The van der Waals surface area contributed by atoms with Crippen LogP contribution in [0.3, 0.4) is 0 Å². The summed E-state index contributed by atoms with van der Waals surface area (Å²) in [4.78, 5) is 33.8. The van der Waals surface area contributed by atoms with Crippen LogP contribution in [0.1, 0.15) is 35.7 Å². The number of ether oxygens (including phenoxy) is 1. The Balaban J connectivity index is 2.83. The van der Waals surface area contributed by atoms with Gasteiger partial charge in [0.25, 0.3) is 0 Å². The number of hydrogen-bond acceptors (Lipinski definition) is 4. The molecule has 0 saturated heterocycles. The molecule has 20 heavy (non-hydrogen) atoms. The van der Waals surface area contributed by atoms with E-state index in [4.69, 9.17) is 0 Å². The van der Waals surface area contributed by atoms with E-state index in [2.05, 4.69) is 4.74 Å². The average Bonchev–Trinajstić information content (AvgIpc) is 2.38. The molecule has 4 nitrogen and oxygen atoms in total. The molecule has 0 atom stereocenters. The van der Waals surface area contributed by atoms with Gasteiger partial charge in [0.2, 0.25) is 5.78 Å². The Kier molecular flexibility index (Phi) is 5.01. The molecule has 0 amide bonds. The molecule has 1 aromatic carbocycles. The second-order valence-corrected chi connectivity index (χ2v) is 3.93. The van der Waals surface area contributed by atoms with Crippen molar-refractivity contribution in [3.05, 3.63) is 35.4 Å². The average molecular weight is 288 g/mol. The third-order valence-electron chi connectivity index (χ3n) is 2.32. The third-order valence-corrected chi connectivity index (χ3v) is 2.32. The van der Waals surface area contributed by atoms with Crippen LogP contribution in [0.15, 0.2) is 24.3 Å². The van der Waals surface area contributed by atoms with Gasteiger partial charge < -0.3 is 4.74 Å². The summed E-state index contributed by atoms with van der Waals surface area (Å²) in [6.07, 6.45) is -4.31. The predicted molar refractivity (Wildman–Crippen MR) is 61.8 cm³/mol. The van der Waals surface area contributed by atoms with Gasteiger partial charge in [0.15, 0.2) is 0 Å². The van der Waals surface area contributed by atoms with E-state index in [0.717, 1.165) is 18.2 Å². The zero-order chi connectivity index (χ0) is 15.3. The molecule has 0 fully saturated rings. The lowest BCUT2D eigenvalue weighted by molar-refractivity contribution is -0.149. The number of carbonyl (C=O) groups excluding carboxylic acids is 3. The topological polar surface area (TPSA) is 60.4 Å². The number of benzene rings is 1. The number of halogens is 3. The van der Waals surface area contributed by atoms with Crippen LogP contribution in [0.4, 0.5) is 13.2 Å². The van der Waals surface area contributed by atoms with E-state index in [1.807, 2.05) is 0 Å². The van der Waals surface area contributed by atoms with Gasteiger partial charge in [-0.2, -0.15) is 13.2 Å². The van der Waals surface area contributed by atoms with Crippen molar-refractivity contribution in [1.82, 2.24) is 0 Å². The van der Waals surface area contributed by atoms with Crippen molar-refractivity contribution >= 4 is 17.7 Å². The Morgan fingerprint density at radius 1 is 1.20 bits per heavy atom. The Labute approximate surface area is 112 Å². The molecule has 1 rings (SSSR count). The maximum Gasteiger partial charge on any atom is 0.416 e. The molecule has 7 heteroatoms. The lowest BCUT2D eigenvalue weighted by Crippen LogP contribution is -2.21. The van der Waals surface area contributed by atoms with Gasteiger partial charge in [-0.15, -0.1) is 0 Å². The fourth-order valence-electron chi connectivity index (χ4n) is 1.35. The third kappa shape index (κ3) is 4.18. The number of carbonyl (C=O) groups is 3. The van der Waals surface area contributed by atoms with Gasteiger partial charge in [-0.25, -0.2) is 9.59 Å². The van der Waals surface area contributed by atoms with Crippen LogP contribution < -0.4 is 0 Å². The summed E-state index contributed by atoms with van der Waals surface area (Å²) in [6, 6.07) is 3.41. The Hall–Kier alpha value is -2.18. The number of hydrogen-bond donors (Lipinski definition) is 0. The predicted octanol–water partition coefficient (Wildman–Crippen LogP) is 2.76. The summed E-state index contributed by atoms with van der Waals surface area (Å²) in [7, 11) is 0. The first-order valence-corrected chi connectivity index (χ1v) is 5.72. The van der Waals surface area contributed by atoms with Crippen molar-refractivity contribution in [1.29, 1.82) is 0 Å². The highest BCUT2D eigenvalue weighted by Crippen LogP contribution is 2.29. The second kappa shape index (κ2) is 6.31. The first kappa shape index (κ1) is 15.9. The highest BCUT2D eigenvalue weighted by molar-refractivity contribution is 6.35. The van der Waals surface area contributed by atoms with E-state index < -0.39 is 35.0 Å². The van der Waals surface area contributed by atoms with Crippen LogP contribution in [0.25, 0.3) is 0 Å². The fourth-order valence-corrected chi connectivity index (χ4v) is 1.35. The van der Waals surface area contributed by atoms with Crippen molar-refractivity contribution in [2.45, 2.75) is 25.9 Å². The Bertz CT molecular complexity index is 535. The Morgan fingerprint density at radius 2 is 1.85 bits per heavy atom. The van der Waals surface area contributed by atoms with Crippen molar-refractivity contribution in [3.63, 3.8) is 0 Å². The number of ketones is 1. The van der Waals surface area contributed by atoms with Crippen molar-refractivity contribution in [3.8, 4) is 0 Å². The zero-order valence-corrected chi connectivity index (χ0v) is 10.5. The molecule has 1 aromatic rings. The van der Waals surface area contributed by atoms with E-state index in [-0.39, 0.29) is 6.42 Å². The van der Waals surface area contributed by atoms with Crippen LogP contribution in [-0.4, -0.2) is 17.7 Å². The minimum Gasteiger partial charge on any atom is -0.384 e. The lowest BCUT2D eigenvalue weighted by Gasteiger charge is -2.07. The monoisotopic (exact) mass is 288 g/mol. The van der Waals surface area contributed by atoms with Gasteiger partial charge in [0.1, 0.15) is 0 Å². The molecule has 0 aliphatic carbocycles. The molecule has 0 N–H and O–H groups in total. The van der Waals surface area contributed by atoms with Gasteiger partial charge >= 0.3 is 18.1 Å². The van der Waals surface area contributed by atoms with Crippen molar-refractivity contribution in [2.75, 3.05) is 0 Å². The molecule has 0 aliphatic heterocycles. The van der Waals surface area contributed by atoms with Crippen LogP contribution in [0.2, 0.25) is 0 Å². The largest absolute Gasteiger partial charge is 0.416 e. The first-order chi connectivity index (χ1) is 9.25. The fraction of sp³-hybridized carbons (Fsp3) is 0.308. The zero-order valence-electron chi connectivity index (χ0n) is 10.5. The molecular weight excluding hydrogens is 277 g/mol. The summed E-state index contributed by atoms with van der Waals surface area (Å²) in [5.74, 6) is -3.55. The highest BCUT2D eigenvalue weighted by Gasteiger charge is 2.31. The molecule has 0 heterocycles. The quantitative estimate of drug-likeness (QED) is 0.485. The first-order valence-electron chi connectivity index (χ1n) is 5.72. The van der Waals surface area contributed by atoms with Gasteiger partial charge in [-0.05, 0) is 24.6 Å². The van der Waals surface area contributed by atoms with Crippen LogP contribution >= 0.6 is 0 Å². The standard InChI is InChI=1S/C13H11F3O4/c1-2-4-10(17)12(19)20-11(18)8-5-3-6-9(7-8)13(14,15)16/h3,5-7H,2,4H2,1H3. The van der Waals surface area contributed by atoms with Gasteiger partial charge in [0, 0.05) is 6.42 Å². The highest BCUT2D eigenvalue weighted by atomic mass is 19.4. The van der Waals surface area contributed by atoms with Gasteiger partial charge in [-0.3, -0.25) is 4.79 Å². The van der Waals surface area contributed by atoms with Crippen LogP contribution in [0, 0.1) is 0 Å². The minimum atomic E-state index is -4.61. The minimum absolute atomic E-state index is 0.0886. The Morgan fingerprint density at radius 3 is 2.40 bits per heavy atom. The molecule has 0 unspecified atom stereocenters. The molecule has 0 spiro atoms. The molecular formula is C13H11F3O4. The van der Waals surface area contributed by atoms with E-state index in [1.54, 1.807) is 6.92 Å². The van der Waals surface area contributed by atoms with Crippen molar-refractivity contribution in [2.24, 2.45) is 0 Å². The van der Waals surface area contributed by atoms with Crippen LogP contribution in [0.5, 0.6) is 0 Å². The summed E-state index contributed by atoms with van der Waals surface area (Å²) in [6.45, 7) is 1.65. The normalized spacial score (nSPS) is 11.0. The molecule has 0 aromatic heterocycles. The number of esters is 2. The van der Waals surface area contributed by atoms with Gasteiger partial charge in [-0.1, -0.05) is 13.0 Å². The number of alkyl halides is 3. The molecule has 0 bridgehead atoms. The summed E-state index contributed by atoms with van der Waals surface area (Å²) >= 11 is 0. The lowest BCUT2D eigenvalue weighted by atomic mass is 10.1. The number of Topliss-reactive ketones (excluding diaryl/α,β-unsaturated/α-hetero) is 1. The molecule has 0 saturated carbocycles. The second-order valence-electron chi connectivity index (χ2n) is 3.93. The maximum atomic E-state index is 12.4.